The Labute approximate surface area is 112 Å². The Morgan fingerprint density at radius 1 is 1.42 bits per heavy atom. The second-order valence-corrected chi connectivity index (χ2v) is 4.92. The van der Waals surface area contributed by atoms with Gasteiger partial charge in [0, 0.05) is 12.1 Å². The van der Waals surface area contributed by atoms with E-state index in [4.69, 9.17) is 0 Å². The first kappa shape index (κ1) is 14.0. The molecule has 1 aromatic rings. The SMILES string of the molecule is O=C(CNCC1CC1)NCC(O)c1ccccc1F. The number of nitrogens with one attached hydrogen (secondary N) is 2. The van der Waals surface area contributed by atoms with E-state index >= 15 is 0 Å². The standard InChI is InChI=1S/C14H19FN2O2/c15-12-4-2-1-3-11(12)13(18)8-17-14(19)9-16-7-10-5-6-10/h1-4,10,13,16,18H,5-9H2,(H,17,19). The number of carbonyl (C=O) groups excluding carboxylic acids is 1. The van der Waals surface area contributed by atoms with Crippen LogP contribution in [0.5, 0.6) is 0 Å². The number of aliphatic hydroxyl groups is 1. The molecule has 1 amide bonds. The molecule has 104 valence electrons. The molecule has 3 N–H and O–H groups in total. The Hall–Kier alpha value is -1.46. The molecular weight excluding hydrogens is 247 g/mol. The van der Waals surface area contributed by atoms with E-state index in [-0.39, 0.29) is 24.6 Å². The topological polar surface area (TPSA) is 61.4 Å². The first-order valence-electron chi connectivity index (χ1n) is 6.56. The molecule has 0 spiro atoms. The van der Waals surface area contributed by atoms with E-state index in [1.165, 1.54) is 25.0 Å². The van der Waals surface area contributed by atoms with Crippen LogP contribution < -0.4 is 10.6 Å². The maximum atomic E-state index is 13.4. The second-order valence-electron chi connectivity index (χ2n) is 4.92. The molecule has 2 rings (SSSR count). The van der Waals surface area contributed by atoms with E-state index in [1.807, 2.05) is 0 Å². The smallest absolute Gasteiger partial charge is 0.234 e. The number of hydrogen-bond acceptors (Lipinski definition) is 3. The van der Waals surface area contributed by atoms with Crippen molar-refractivity contribution < 1.29 is 14.3 Å². The summed E-state index contributed by atoms with van der Waals surface area (Å²) in [5.41, 5.74) is 0.203. The number of benzene rings is 1. The Kier molecular flexibility index (Phi) is 4.87. The molecule has 1 atom stereocenters. The third-order valence-electron chi connectivity index (χ3n) is 3.17. The van der Waals surface area contributed by atoms with Gasteiger partial charge in [-0.1, -0.05) is 18.2 Å². The minimum absolute atomic E-state index is 0.0187. The molecule has 0 heterocycles. The molecule has 1 aromatic carbocycles. The van der Waals surface area contributed by atoms with Gasteiger partial charge in [-0.05, 0) is 31.4 Å². The Bertz CT molecular complexity index is 435. The number of hydrogen-bond donors (Lipinski definition) is 3. The van der Waals surface area contributed by atoms with Crippen molar-refractivity contribution in [2.45, 2.75) is 18.9 Å². The third-order valence-corrected chi connectivity index (χ3v) is 3.17. The minimum atomic E-state index is -1.02. The van der Waals surface area contributed by atoms with Crippen LogP contribution in [0.4, 0.5) is 4.39 Å². The molecule has 1 aliphatic carbocycles. The van der Waals surface area contributed by atoms with Crippen molar-refractivity contribution in [3.63, 3.8) is 0 Å². The maximum Gasteiger partial charge on any atom is 0.234 e. The maximum absolute atomic E-state index is 13.4. The van der Waals surface area contributed by atoms with Gasteiger partial charge in [0.05, 0.1) is 12.6 Å². The van der Waals surface area contributed by atoms with Crippen LogP contribution in [0, 0.1) is 11.7 Å². The lowest BCUT2D eigenvalue weighted by atomic mass is 10.1. The highest BCUT2D eigenvalue weighted by atomic mass is 19.1. The van der Waals surface area contributed by atoms with Gasteiger partial charge < -0.3 is 15.7 Å². The second kappa shape index (κ2) is 6.63. The van der Waals surface area contributed by atoms with Crippen LogP contribution in [0.15, 0.2) is 24.3 Å². The van der Waals surface area contributed by atoms with Gasteiger partial charge in [-0.3, -0.25) is 4.79 Å². The average Bonchev–Trinajstić information content (AvgIpc) is 3.20. The molecular formula is C14H19FN2O2. The van der Waals surface area contributed by atoms with E-state index < -0.39 is 11.9 Å². The van der Waals surface area contributed by atoms with Crippen LogP contribution in [-0.4, -0.2) is 30.6 Å². The van der Waals surface area contributed by atoms with Crippen LogP contribution in [-0.2, 0) is 4.79 Å². The molecule has 1 aliphatic rings. The Morgan fingerprint density at radius 3 is 2.84 bits per heavy atom. The van der Waals surface area contributed by atoms with E-state index in [0.717, 1.165) is 12.5 Å². The Balaban J connectivity index is 1.68. The van der Waals surface area contributed by atoms with Crippen molar-refractivity contribution in [2.75, 3.05) is 19.6 Å². The van der Waals surface area contributed by atoms with E-state index in [2.05, 4.69) is 10.6 Å². The molecule has 0 aliphatic heterocycles. The third kappa shape index (κ3) is 4.61. The monoisotopic (exact) mass is 266 g/mol. The number of rotatable bonds is 7. The quantitative estimate of drug-likeness (QED) is 0.689. The summed E-state index contributed by atoms with van der Waals surface area (Å²) in [5, 5.41) is 15.4. The lowest BCUT2D eigenvalue weighted by Gasteiger charge is -2.13. The zero-order valence-corrected chi connectivity index (χ0v) is 10.7. The van der Waals surface area contributed by atoms with Crippen LogP contribution >= 0.6 is 0 Å². The fraction of sp³-hybridized carbons (Fsp3) is 0.500. The summed E-state index contributed by atoms with van der Waals surface area (Å²) < 4.78 is 13.4. The highest BCUT2D eigenvalue weighted by Crippen LogP contribution is 2.27. The van der Waals surface area contributed by atoms with Crippen molar-refractivity contribution in [1.82, 2.24) is 10.6 Å². The van der Waals surface area contributed by atoms with Crippen molar-refractivity contribution in [3.05, 3.63) is 35.6 Å². The molecule has 1 saturated carbocycles. The summed E-state index contributed by atoms with van der Waals surface area (Å²) in [6, 6.07) is 6.02. The normalized spacial score (nSPS) is 16.1. The molecule has 0 radical (unpaired) electrons. The number of amides is 1. The number of carbonyl (C=O) groups is 1. The van der Waals surface area contributed by atoms with Crippen LogP contribution in [0.3, 0.4) is 0 Å². The lowest BCUT2D eigenvalue weighted by Crippen LogP contribution is -2.36. The van der Waals surface area contributed by atoms with Crippen LogP contribution in [0.1, 0.15) is 24.5 Å². The van der Waals surface area contributed by atoms with Crippen molar-refractivity contribution >= 4 is 5.91 Å². The molecule has 0 aromatic heterocycles. The van der Waals surface area contributed by atoms with Crippen molar-refractivity contribution in [2.24, 2.45) is 5.92 Å². The predicted octanol–water partition coefficient (Wildman–Crippen LogP) is 0.975. The van der Waals surface area contributed by atoms with E-state index in [0.29, 0.717) is 0 Å². The summed E-state index contributed by atoms with van der Waals surface area (Å²) in [6.07, 6.45) is 1.45. The highest BCUT2D eigenvalue weighted by molar-refractivity contribution is 5.78. The summed E-state index contributed by atoms with van der Waals surface area (Å²) in [7, 11) is 0. The summed E-state index contributed by atoms with van der Waals surface area (Å²) >= 11 is 0. The number of halogens is 1. The zero-order valence-electron chi connectivity index (χ0n) is 10.7. The fourth-order valence-electron chi connectivity index (χ4n) is 1.84. The van der Waals surface area contributed by atoms with Gasteiger partial charge in [-0.2, -0.15) is 0 Å². The first-order valence-corrected chi connectivity index (χ1v) is 6.56. The first-order chi connectivity index (χ1) is 9.16. The fourth-order valence-corrected chi connectivity index (χ4v) is 1.84. The zero-order chi connectivity index (χ0) is 13.7. The van der Waals surface area contributed by atoms with E-state index in [9.17, 15) is 14.3 Å². The molecule has 1 unspecified atom stereocenters. The van der Waals surface area contributed by atoms with Gasteiger partial charge in [0.15, 0.2) is 0 Å². The molecule has 0 bridgehead atoms. The molecule has 5 heteroatoms. The largest absolute Gasteiger partial charge is 0.386 e. The molecule has 4 nitrogen and oxygen atoms in total. The van der Waals surface area contributed by atoms with Gasteiger partial charge in [0.25, 0.3) is 0 Å². The van der Waals surface area contributed by atoms with Gasteiger partial charge in [0.2, 0.25) is 5.91 Å². The molecule has 0 saturated heterocycles. The number of aliphatic hydroxyl groups excluding tert-OH is 1. The van der Waals surface area contributed by atoms with Gasteiger partial charge >= 0.3 is 0 Å². The molecule has 1 fully saturated rings. The summed E-state index contributed by atoms with van der Waals surface area (Å²) in [6.45, 7) is 1.12. The summed E-state index contributed by atoms with van der Waals surface area (Å²) in [5.74, 6) is 0.0731. The lowest BCUT2D eigenvalue weighted by molar-refractivity contribution is -0.120. The Morgan fingerprint density at radius 2 is 2.16 bits per heavy atom. The minimum Gasteiger partial charge on any atom is -0.386 e. The van der Waals surface area contributed by atoms with Gasteiger partial charge in [0.1, 0.15) is 5.82 Å². The average molecular weight is 266 g/mol. The molecule has 19 heavy (non-hydrogen) atoms. The highest BCUT2D eigenvalue weighted by Gasteiger charge is 2.20. The van der Waals surface area contributed by atoms with Crippen LogP contribution in [0.2, 0.25) is 0 Å². The predicted molar refractivity (Wildman–Crippen MR) is 70.0 cm³/mol. The van der Waals surface area contributed by atoms with Gasteiger partial charge in [-0.25, -0.2) is 4.39 Å². The van der Waals surface area contributed by atoms with Gasteiger partial charge in [-0.15, -0.1) is 0 Å². The van der Waals surface area contributed by atoms with Crippen molar-refractivity contribution in [1.29, 1.82) is 0 Å². The van der Waals surface area contributed by atoms with Crippen LogP contribution in [0.25, 0.3) is 0 Å². The van der Waals surface area contributed by atoms with Crippen molar-refractivity contribution in [3.8, 4) is 0 Å². The summed E-state index contributed by atoms with van der Waals surface area (Å²) in [4.78, 5) is 11.5. The van der Waals surface area contributed by atoms with E-state index in [1.54, 1.807) is 12.1 Å².